The van der Waals surface area contributed by atoms with Crippen molar-refractivity contribution in [1.82, 2.24) is 19.7 Å². The Morgan fingerprint density at radius 1 is 1.14 bits per heavy atom. The maximum Gasteiger partial charge on any atom is 0.284 e. The van der Waals surface area contributed by atoms with Gasteiger partial charge in [0.2, 0.25) is 0 Å². The number of fused-ring (bicyclic) bond motifs is 3. The highest BCUT2D eigenvalue weighted by atomic mass is 32.2. The molecule has 2 aromatic carbocycles. The predicted molar refractivity (Wildman–Crippen MR) is 114 cm³/mol. The lowest BCUT2D eigenvalue weighted by Crippen LogP contribution is -2.33. The second-order valence-corrected chi connectivity index (χ2v) is 9.14. The van der Waals surface area contributed by atoms with E-state index in [1.165, 1.54) is 16.0 Å². The monoisotopic (exact) mass is 406 g/mol. The summed E-state index contributed by atoms with van der Waals surface area (Å²) in [6.07, 6.45) is 1.57. The Morgan fingerprint density at radius 2 is 1.93 bits per heavy atom. The number of aromatic amines is 1. The summed E-state index contributed by atoms with van der Waals surface area (Å²) in [5.41, 5.74) is 2.98. The lowest BCUT2D eigenvalue weighted by atomic mass is 10.0. The molecule has 2 unspecified atom stereocenters. The summed E-state index contributed by atoms with van der Waals surface area (Å²) in [7, 11) is 0. The Balaban J connectivity index is 1.66. The molecule has 0 fully saturated rings. The number of thioether (sulfide) groups is 2. The van der Waals surface area contributed by atoms with Crippen LogP contribution in [0.3, 0.4) is 0 Å². The normalized spacial score (nSPS) is 18.9. The summed E-state index contributed by atoms with van der Waals surface area (Å²) in [6, 6.07) is 19.1. The number of hydrogen-bond acceptors (Lipinski definition) is 5. The van der Waals surface area contributed by atoms with Crippen LogP contribution in [0.2, 0.25) is 0 Å². The van der Waals surface area contributed by atoms with E-state index in [0.717, 1.165) is 16.6 Å². The third-order valence-electron chi connectivity index (χ3n) is 4.95. The molecule has 5 rings (SSSR count). The molecule has 1 aliphatic rings. The third kappa shape index (κ3) is 3.04. The minimum atomic E-state index is -0.223. The number of hydrogen-bond donors (Lipinski definition) is 1. The molecule has 2 aromatic heterocycles. The molecule has 0 saturated heterocycles. The van der Waals surface area contributed by atoms with Crippen molar-refractivity contribution < 1.29 is 0 Å². The predicted octanol–water partition coefficient (Wildman–Crippen LogP) is 4.28. The molecule has 0 saturated carbocycles. The lowest BCUT2D eigenvalue weighted by Gasteiger charge is -2.34. The van der Waals surface area contributed by atoms with Gasteiger partial charge in [0, 0.05) is 15.9 Å². The number of H-pyrrole nitrogens is 1. The molecule has 4 aromatic rings. The highest BCUT2D eigenvalue weighted by molar-refractivity contribution is 8.03. The Labute approximate surface area is 170 Å². The van der Waals surface area contributed by atoms with Crippen LogP contribution in [0.25, 0.3) is 11.0 Å². The van der Waals surface area contributed by atoms with Gasteiger partial charge in [-0.3, -0.25) is 14.5 Å². The maximum atomic E-state index is 12.4. The van der Waals surface area contributed by atoms with Crippen LogP contribution in [0.1, 0.15) is 17.2 Å². The zero-order chi connectivity index (χ0) is 19.1. The summed E-state index contributed by atoms with van der Waals surface area (Å²) >= 11 is 3.51. The fraction of sp³-hybridized carbons (Fsp3) is 0.190. The number of nitrogens with zero attached hydrogens (tertiary/aromatic N) is 3. The van der Waals surface area contributed by atoms with E-state index in [0.29, 0.717) is 10.6 Å². The molecule has 3 heterocycles. The van der Waals surface area contributed by atoms with Crippen molar-refractivity contribution in [3.05, 3.63) is 82.3 Å². The van der Waals surface area contributed by atoms with Crippen molar-refractivity contribution in [3.8, 4) is 0 Å². The summed E-state index contributed by atoms with van der Waals surface area (Å²) < 4.78 is 2.15. The molecule has 0 bridgehead atoms. The van der Waals surface area contributed by atoms with Gasteiger partial charge in [0.25, 0.3) is 5.56 Å². The molecule has 1 N–H and O–H groups in total. The van der Waals surface area contributed by atoms with Crippen molar-refractivity contribution >= 4 is 34.6 Å². The molecular formula is C21H18N4OS2. The van der Waals surface area contributed by atoms with E-state index in [-0.39, 0.29) is 11.6 Å². The molecule has 7 heteroatoms. The molecular weight excluding hydrogens is 388 g/mol. The summed E-state index contributed by atoms with van der Waals surface area (Å²) in [5.74, 6) is 0.879. The van der Waals surface area contributed by atoms with Gasteiger partial charge < -0.3 is 0 Å². The largest absolute Gasteiger partial charge is 0.296 e. The maximum absolute atomic E-state index is 12.4. The van der Waals surface area contributed by atoms with Gasteiger partial charge >= 0.3 is 0 Å². The SMILES string of the molecule is Cc1ccc(SC2CSc3nc(=O)c4cn[nH]c4n3C2c2ccccc2)cc1. The van der Waals surface area contributed by atoms with E-state index in [2.05, 4.69) is 75.2 Å². The average Bonchev–Trinajstić information content (AvgIpc) is 3.21. The highest BCUT2D eigenvalue weighted by Gasteiger charge is 2.34. The van der Waals surface area contributed by atoms with E-state index in [1.807, 2.05) is 17.8 Å². The quantitative estimate of drug-likeness (QED) is 0.515. The first-order valence-electron chi connectivity index (χ1n) is 9.07. The number of benzene rings is 2. The van der Waals surface area contributed by atoms with Crippen LogP contribution in [-0.2, 0) is 0 Å². The van der Waals surface area contributed by atoms with Crippen molar-refractivity contribution in [3.63, 3.8) is 0 Å². The molecule has 0 aliphatic carbocycles. The second-order valence-electron chi connectivity index (χ2n) is 6.84. The lowest BCUT2D eigenvalue weighted by molar-refractivity contribution is 0.519. The van der Waals surface area contributed by atoms with E-state index in [1.54, 1.807) is 18.0 Å². The smallest absolute Gasteiger partial charge is 0.284 e. The number of aromatic nitrogens is 4. The second kappa shape index (κ2) is 7.14. The van der Waals surface area contributed by atoms with Gasteiger partial charge in [-0.25, -0.2) is 0 Å². The van der Waals surface area contributed by atoms with Crippen molar-refractivity contribution in [2.24, 2.45) is 0 Å². The van der Waals surface area contributed by atoms with Crippen LogP contribution in [-0.4, -0.2) is 30.8 Å². The van der Waals surface area contributed by atoms with Gasteiger partial charge in [-0.15, -0.1) is 11.8 Å². The Kier molecular flexibility index (Phi) is 4.49. The van der Waals surface area contributed by atoms with E-state index < -0.39 is 0 Å². The van der Waals surface area contributed by atoms with Crippen molar-refractivity contribution in [2.45, 2.75) is 28.3 Å². The molecule has 0 spiro atoms. The molecule has 2 atom stereocenters. The molecule has 140 valence electrons. The minimum absolute atomic E-state index is 0.0554. The molecule has 0 amide bonds. The number of aryl methyl sites for hydroxylation is 1. The van der Waals surface area contributed by atoms with Gasteiger partial charge in [0.1, 0.15) is 11.0 Å². The highest BCUT2D eigenvalue weighted by Crippen LogP contribution is 2.43. The summed E-state index contributed by atoms with van der Waals surface area (Å²) in [5, 5.41) is 8.72. The molecule has 0 radical (unpaired) electrons. The molecule has 28 heavy (non-hydrogen) atoms. The van der Waals surface area contributed by atoms with Crippen LogP contribution in [0.4, 0.5) is 0 Å². The zero-order valence-corrected chi connectivity index (χ0v) is 16.8. The van der Waals surface area contributed by atoms with Crippen LogP contribution < -0.4 is 5.56 Å². The fourth-order valence-electron chi connectivity index (χ4n) is 3.59. The topological polar surface area (TPSA) is 63.6 Å². The van der Waals surface area contributed by atoms with Crippen molar-refractivity contribution in [2.75, 3.05) is 5.75 Å². The van der Waals surface area contributed by atoms with Gasteiger partial charge in [0.15, 0.2) is 5.16 Å². The Morgan fingerprint density at radius 3 is 2.71 bits per heavy atom. The minimum Gasteiger partial charge on any atom is -0.296 e. The van der Waals surface area contributed by atoms with E-state index in [9.17, 15) is 4.79 Å². The van der Waals surface area contributed by atoms with Gasteiger partial charge in [-0.05, 0) is 24.6 Å². The summed E-state index contributed by atoms with van der Waals surface area (Å²) in [4.78, 5) is 17.9. The fourth-order valence-corrected chi connectivity index (χ4v) is 6.11. The Hall–Kier alpha value is -2.51. The van der Waals surface area contributed by atoms with Crippen LogP contribution >= 0.6 is 23.5 Å². The molecule has 1 aliphatic heterocycles. The number of nitrogens with one attached hydrogen (secondary N) is 1. The average molecular weight is 407 g/mol. The Bertz CT molecular complexity index is 1180. The van der Waals surface area contributed by atoms with Gasteiger partial charge in [0.05, 0.1) is 12.2 Å². The third-order valence-corrected chi connectivity index (χ3v) is 7.50. The zero-order valence-electron chi connectivity index (χ0n) is 15.2. The first kappa shape index (κ1) is 17.6. The van der Waals surface area contributed by atoms with Crippen LogP contribution in [0.15, 0.2) is 75.6 Å². The first-order valence-corrected chi connectivity index (χ1v) is 10.9. The number of rotatable bonds is 3. The molecule has 5 nitrogen and oxygen atoms in total. The van der Waals surface area contributed by atoms with Gasteiger partial charge in [-0.2, -0.15) is 10.1 Å². The van der Waals surface area contributed by atoms with Crippen molar-refractivity contribution in [1.29, 1.82) is 0 Å². The summed E-state index contributed by atoms with van der Waals surface area (Å²) in [6.45, 7) is 2.10. The first-order chi connectivity index (χ1) is 13.7. The van der Waals surface area contributed by atoms with Crippen LogP contribution in [0.5, 0.6) is 0 Å². The van der Waals surface area contributed by atoms with E-state index in [4.69, 9.17) is 0 Å². The van der Waals surface area contributed by atoms with E-state index >= 15 is 0 Å². The van der Waals surface area contributed by atoms with Crippen LogP contribution in [0, 0.1) is 6.92 Å². The van der Waals surface area contributed by atoms with Gasteiger partial charge in [-0.1, -0.05) is 59.8 Å². The standard InChI is InChI=1S/C21H18N4OS2/c1-13-7-9-15(10-8-13)28-17-12-27-21-23-20(26)16-11-22-24-19(16)25(21)18(17)14-5-3-2-4-6-14/h2-11,17-18H,12H2,1H3,(H,22,24).